The second-order valence-corrected chi connectivity index (χ2v) is 6.25. The zero-order valence-electron chi connectivity index (χ0n) is 14.1. The third-order valence-electron chi connectivity index (χ3n) is 4.68. The molecule has 4 rings (SSSR count). The Hall–Kier alpha value is -2.81. The van der Waals surface area contributed by atoms with Gasteiger partial charge in [0.2, 0.25) is 0 Å². The number of pyridine rings is 1. The van der Waals surface area contributed by atoms with Crippen LogP contribution in [0.4, 0.5) is 5.69 Å². The van der Waals surface area contributed by atoms with Gasteiger partial charge in [0.15, 0.2) is 0 Å². The van der Waals surface area contributed by atoms with E-state index in [4.69, 9.17) is 0 Å². The second kappa shape index (κ2) is 6.00. The number of nitrogens with zero attached hydrogens (tertiary/aromatic N) is 2. The molecule has 0 bridgehead atoms. The molecular weight excluding hydrogens is 294 g/mol. The Morgan fingerprint density at radius 2 is 1.83 bits per heavy atom. The summed E-state index contributed by atoms with van der Waals surface area (Å²) in [6.07, 6.45) is 2.92. The van der Waals surface area contributed by atoms with Crippen LogP contribution in [-0.2, 0) is 13.5 Å². The molecule has 0 aliphatic carbocycles. The van der Waals surface area contributed by atoms with Gasteiger partial charge in [-0.05, 0) is 43.2 Å². The Bertz CT molecular complexity index is 1000. The normalized spacial score (nSPS) is 11.2. The largest absolute Gasteiger partial charge is 0.385 e. The van der Waals surface area contributed by atoms with Crippen LogP contribution in [0.3, 0.4) is 0 Å². The predicted molar refractivity (Wildman–Crippen MR) is 102 cm³/mol. The number of hydrogen-bond donors (Lipinski definition) is 1. The van der Waals surface area contributed by atoms with Crippen molar-refractivity contribution in [2.75, 3.05) is 11.9 Å². The van der Waals surface area contributed by atoms with Crippen molar-refractivity contribution in [2.45, 2.75) is 13.3 Å². The van der Waals surface area contributed by atoms with E-state index in [1.165, 1.54) is 33.1 Å². The molecule has 0 atom stereocenters. The van der Waals surface area contributed by atoms with Gasteiger partial charge in [-0.1, -0.05) is 30.3 Å². The summed E-state index contributed by atoms with van der Waals surface area (Å²) in [6.45, 7) is 3.00. The minimum absolute atomic E-state index is 0.931. The molecule has 2 aromatic heterocycles. The smallest absolute Gasteiger partial charge is 0.0704 e. The van der Waals surface area contributed by atoms with Gasteiger partial charge in [0.25, 0.3) is 0 Å². The first-order valence-electron chi connectivity index (χ1n) is 8.35. The van der Waals surface area contributed by atoms with Crippen molar-refractivity contribution in [1.29, 1.82) is 0 Å². The van der Waals surface area contributed by atoms with Crippen molar-refractivity contribution in [1.82, 2.24) is 9.55 Å². The number of benzene rings is 2. The van der Waals surface area contributed by atoms with E-state index in [9.17, 15) is 0 Å². The Morgan fingerprint density at radius 1 is 1.00 bits per heavy atom. The van der Waals surface area contributed by atoms with Crippen molar-refractivity contribution in [3.8, 4) is 0 Å². The molecule has 4 aromatic rings. The van der Waals surface area contributed by atoms with Gasteiger partial charge >= 0.3 is 0 Å². The first-order chi connectivity index (χ1) is 11.7. The zero-order valence-corrected chi connectivity index (χ0v) is 14.1. The van der Waals surface area contributed by atoms with E-state index in [1.807, 2.05) is 6.20 Å². The number of hydrogen-bond acceptors (Lipinski definition) is 2. The summed E-state index contributed by atoms with van der Waals surface area (Å²) < 4.78 is 2.24. The monoisotopic (exact) mass is 315 g/mol. The van der Waals surface area contributed by atoms with Gasteiger partial charge in [0.1, 0.15) is 0 Å². The molecule has 0 saturated carbocycles. The lowest BCUT2D eigenvalue weighted by Crippen LogP contribution is -2.04. The van der Waals surface area contributed by atoms with Gasteiger partial charge < -0.3 is 9.88 Å². The van der Waals surface area contributed by atoms with Crippen LogP contribution in [0.15, 0.2) is 60.8 Å². The SMILES string of the molecule is Cc1nccc2c3cc(NCCc4ccccc4)ccc3n(C)c12. The molecule has 3 heteroatoms. The maximum Gasteiger partial charge on any atom is 0.0704 e. The highest BCUT2D eigenvalue weighted by Gasteiger charge is 2.10. The molecular formula is C21H21N3. The van der Waals surface area contributed by atoms with E-state index in [1.54, 1.807) is 0 Å². The molecule has 0 aliphatic rings. The molecule has 0 saturated heterocycles. The van der Waals surface area contributed by atoms with Crippen LogP contribution >= 0.6 is 0 Å². The van der Waals surface area contributed by atoms with Gasteiger partial charge in [0.05, 0.1) is 11.2 Å². The third kappa shape index (κ3) is 2.52. The van der Waals surface area contributed by atoms with Gasteiger partial charge in [-0.15, -0.1) is 0 Å². The summed E-state index contributed by atoms with van der Waals surface area (Å²) in [6, 6.07) is 19.3. The number of aromatic nitrogens is 2. The first kappa shape index (κ1) is 14.8. The van der Waals surface area contributed by atoms with Crippen LogP contribution < -0.4 is 5.32 Å². The number of aryl methyl sites for hydroxylation is 2. The molecule has 0 amide bonds. The summed E-state index contributed by atoms with van der Waals surface area (Å²) >= 11 is 0. The molecule has 0 aliphatic heterocycles. The maximum atomic E-state index is 4.43. The number of anilines is 1. The van der Waals surface area contributed by atoms with E-state index >= 15 is 0 Å². The van der Waals surface area contributed by atoms with Gasteiger partial charge in [-0.25, -0.2) is 0 Å². The van der Waals surface area contributed by atoms with E-state index in [2.05, 4.69) is 83.4 Å². The molecule has 1 N–H and O–H groups in total. The highest BCUT2D eigenvalue weighted by atomic mass is 15.0. The predicted octanol–water partition coefficient (Wildman–Crippen LogP) is 4.69. The summed E-state index contributed by atoms with van der Waals surface area (Å²) in [5, 5.41) is 6.10. The molecule has 24 heavy (non-hydrogen) atoms. The fourth-order valence-corrected chi connectivity index (χ4v) is 3.47. The first-order valence-corrected chi connectivity index (χ1v) is 8.35. The number of rotatable bonds is 4. The Labute approximate surface area is 142 Å². The van der Waals surface area contributed by atoms with Crippen LogP contribution in [0.5, 0.6) is 0 Å². The highest BCUT2D eigenvalue weighted by Crippen LogP contribution is 2.31. The average molecular weight is 315 g/mol. The Balaban J connectivity index is 1.63. The third-order valence-corrected chi connectivity index (χ3v) is 4.68. The minimum atomic E-state index is 0.931. The van der Waals surface area contributed by atoms with Crippen LogP contribution in [0, 0.1) is 6.92 Å². The Morgan fingerprint density at radius 3 is 2.67 bits per heavy atom. The summed E-state index contributed by atoms with van der Waals surface area (Å²) in [5.41, 5.74) is 6.06. The van der Waals surface area contributed by atoms with E-state index < -0.39 is 0 Å². The van der Waals surface area contributed by atoms with Crippen molar-refractivity contribution >= 4 is 27.5 Å². The fraction of sp³-hybridized carbons (Fsp3) is 0.190. The number of fused-ring (bicyclic) bond motifs is 3. The molecule has 120 valence electrons. The Kier molecular flexibility index (Phi) is 3.69. The van der Waals surface area contributed by atoms with Crippen molar-refractivity contribution in [3.05, 3.63) is 72.1 Å². The molecule has 0 fully saturated rings. The van der Waals surface area contributed by atoms with Crippen LogP contribution in [-0.4, -0.2) is 16.1 Å². The highest BCUT2D eigenvalue weighted by molar-refractivity contribution is 6.09. The van der Waals surface area contributed by atoms with Crippen LogP contribution in [0.25, 0.3) is 21.8 Å². The number of nitrogens with one attached hydrogen (secondary N) is 1. The topological polar surface area (TPSA) is 29.9 Å². The van der Waals surface area contributed by atoms with Crippen LogP contribution in [0.1, 0.15) is 11.3 Å². The molecule has 2 aromatic carbocycles. The summed E-state index contributed by atoms with van der Waals surface area (Å²) in [4.78, 5) is 4.43. The van der Waals surface area contributed by atoms with Gasteiger partial charge in [0, 0.05) is 41.8 Å². The lowest BCUT2D eigenvalue weighted by molar-refractivity contribution is 0.996. The molecule has 0 spiro atoms. The molecule has 2 heterocycles. The van der Waals surface area contributed by atoms with Crippen molar-refractivity contribution < 1.29 is 0 Å². The summed E-state index contributed by atoms with van der Waals surface area (Å²) in [7, 11) is 2.11. The van der Waals surface area contributed by atoms with E-state index in [0.717, 1.165) is 18.7 Å². The maximum absolute atomic E-state index is 4.43. The van der Waals surface area contributed by atoms with Crippen molar-refractivity contribution in [2.24, 2.45) is 7.05 Å². The van der Waals surface area contributed by atoms with E-state index in [0.29, 0.717) is 0 Å². The van der Waals surface area contributed by atoms with Crippen molar-refractivity contribution in [3.63, 3.8) is 0 Å². The molecule has 0 unspecified atom stereocenters. The van der Waals surface area contributed by atoms with Gasteiger partial charge in [-0.2, -0.15) is 0 Å². The lowest BCUT2D eigenvalue weighted by Gasteiger charge is -2.07. The lowest BCUT2D eigenvalue weighted by atomic mass is 10.1. The average Bonchev–Trinajstić information content (AvgIpc) is 2.90. The quantitative estimate of drug-likeness (QED) is 0.592. The van der Waals surface area contributed by atoms with Gasteiger partial charge in [-0.3, -0.25) is 4.98 Å². The minimum Gasteiger partial charge on any atom is -0.385 e. The molecule has 0 radical (unpaired) electrons. The second-order valence-electron chi connectivity index (χ2n) is 6.25. The molecule has 3 nitrogen and oxygen atoms in total. The standard InChI is InChI=1S/C21H21N3/c1-15-21-18(11-13-22-15)19-14-17(8-9-20(19)24(21)2)23-12-10-16-6-4-3-5-7-16/h3-9,11,13-14,23H,10,12H2,1-2H3. The zero-order chi connectivity index (χ0) is 16.5. The van der Waals surface area contributed by atoms with E-state index in [-0.39, 0.29) is 0 Å². The fourth-order valence-electron chi connectivity index (χ4n) is 3.47. The summed E-state index contributed by atoms with van der Waals surface area (Å²) in [5.74, 6) is 0. The van der Waals surface area contributed by atoms with Crippen LogP contribution in [0.2, 0.25) is 0 Å².